The van der Waals surface area contributed by atoms with Crippen molar-refractivity contribution in [3.63, 3.8) is 0 Å². The fourth-order valence-corrected chi connectivity index (χ4v) is 10.1. The highest BCUT2D eigenvalue weighted by molar-refractivity contribution is 5.94. The molecule has 2 saturated carbocycles. The molecule has 4 bridgehead atoms. The standard InChI is InChI=1S/C30H35N3O2/c34-23-7-6-21-12-26-29-9-8-25-27(22(14-29)18-33(25)28(35)20-4-2-1-3-5-20)30(29,24(21)13-23)10-11-32(26)17-19-15-31-16-19/h1-7,13,19,22,25-27,31,34H,8-12,14-18H2/t22-,25?,26?,27?,29?,30?/m1/s1. The lowest BCUT2D eigenvalue weighted by molar-refractivity contribution is -0.106. The van der Waals surface area contributed by atoms with Crippen LogP contribution in [0, 0.1) is 23.2 Å². The molecule has 6 atom stereocenters. The van der Waals surface area contributed by atoms with Crippen molar-refractivity contribution >= 4 is 5.91 Å². The number of phenolic OH excluding ortho intramolecular Hbond substituents is 1. The predicted octanol–water partition coefficient (Wildman–Crippen LogP) is 3.42. The summed E-state index contributed by atoms with van der Waals surface area (Å²) in [6, 6.07) is 17.0. The Labute approximate surface area is 207 Å². The molecule has 0 spiro atoms. The van der Waals surface area contributed by atoms with Crippen molar-refractivity contribution in [1.29, 1.82) is 0 Å². The van der Waals surface area contributed by atoms with Crippen LogP contribution in [0.5, 0.6) is 5.75 Å². The first-order valence-electron chi connectivity index (χ1n) is 13.7. The van der Waals surface area contributed by atoms with Gasteiger partial charge in [-0.25, -0.2) is 0 Å². The molecule has 2 N–H and O–H groups in total. The van der Waals surface area contributed by atoms with E-state index in [1.165, 1.54) is 36.9 Å². The second-order valence-corrected chi connectivity index (χ2v) is 12.4. The molecule has 35 heavy (non-hydrogen) atoms. The highest BCUT2D eigenvalue weighted by Gasteiger charge is 2.76. The molecule has 0 radical (unpaired) electrons. The van der Waals surface area contributed by atoms with E-state index in [0.717, 1.165) is 50.5 Å². The Hall–Kier alpha value is -2.37. The quantitative estimate of drug-likeness (QED) is 0.723. The van der Waals surface area contributed by atoms with Gasteiger partial charge in [-0.2, -0.15) is 0 Å². The third kappa shape index (κ3) is 2.54. The molecule has 182 valence electrons. The van der Waals surface area contributed by atoms with Gasteiger partial charge in [0.15, 0.2) is 0 Å². The second-order valence-electron chi connectivity index (χ2n) is 12.4. The summed E-state index contributed by atoms with van der Waals surface area (Å²) in [5.74, 6) is 2.49. The smallest absolute Gasteiger partial charge is 0.254 e. The van der Waals surface area contributed by atoms with Crippen LogP contribution < -0.4 is 5.32 Å². The van der Waals surface area contributed by atoms with Crippen molar-refractivity contribution in [2.75, 3.05) is 32.7 Å². The number of carbonyl (C=O) groups excluding carboxylic acids is 1. The van der Waals surface area contributed by atoms with Crippen LogP contribution in [-0.4, -0.2) is 65.6 Å². The number of benzene rings is 2. The van der Waals surface area contributed by atoms with Crippen LogP contribution in [0.2, 0.25) is 0 Å². The van der Waals surface area contributed by atoms with E-state index in [1.807, 2.05) is 36.4 Å². The molecule has 3 aliphatic carbocycles. The van der Waals surface area contributed by atoms with Crippen LogP contribution in [0.3, 0.4) is 0 Å². The number of piperidine rings is 1. The lowest BCUT2D eigenvalue weighted by atomic mass is 9.43. The molecular weight excluding hydrogens is 434 g/mol. The number of nitrogens with zero attached hydrogens (tertiary/aromatic N) is 2. The Morgan fingerprint density at radius 2 is 1.97 bits per heavy atom. The van der Waals surface area contributed by atoms with Gasteiger partial charge in [-0.05, 0) is 97.2 Å². The van der Waals surface area contributed by atoms with E-state index in [-0.39, 0.29) is 16.7 Å². The summed E-state index contributed by atoms with van der Waals surface area (Å²) in [5.41, 5.74) is 4.10. The molecule has 6 aliphatic rings. The van der Waals surface area contributed by atoms with Gasteiger partial charge in [0.2, 0.25) is 0 Å². The zero-order chi connectivity index (χ0) is 23.4. The van der Waals surface area contributed by atoms with Gasteiger partial charge in [0.05, 0.1) is 0 Å². The van der Waals surface area contributed by atoms with Crippen LogP contribution in [0.15, 0.2) is 48.5 Å². The average molecular weight is 470 g/mol. The van der Waals surface area contributed by atoms with E-state index in [2.05, 4.69) is 27.2 Å². The second kappa shape index (κ2) is 7.10. The minimum absolute atomic E-state index is 0.0949. The van der Waals surface area contributed by atoms with Crippen molar-refractivity contribution in [1.82, 2.24) is 15.1 Å². The van der Waals surface area contributed by atoms with Crippen molar-refractivity contribution in [2.45, 2.75) is 49.6 Å². The molecule has 5 heteroatoms. The number of likely N-dealkylation sites (tertiary alicyclic amines) is 2. The first-order chi connectivity index (χ1) is 17.1. The molecule has 8 rings (SSSR count). The maximum absolute atomic E-state index is 13.7. The zero-order valence-electron chi connectivity index (χ0n) is 20.3. The zero-order valence-corrected chi connectivity index (χ0v) is 20.3. The van der Waals surface area contributed by atoms with Crippen molar-refractivity contribution in [3.8, 4) is 5.75 Å². The predicted molar refractivity (Wildman–Crippen MR) is 134 cm³/mol. The third-order valence-corrected chi connectivity index (χ3v) is 11.2. The Morgan fingerprint density at radius 1 is 1.11 bits per heavy atom. The average Bonchev–Trinajstić information content (AvgIpc) is 3.29. The number of fused-ring (bicyclic) bond motifs is 1. The number of hydrogen-bond acceptors (Lipinski definition) is 4. The normalized spacial score (nSPS) is 39.1. The number of rotatable bonds is 3. The van der Waals surface area contributed by atoms with Gasteiger partial charge in [-0.1, -0.05) is 24.3 Å². The summed E-state index contributed by atoms with van der Waals surface area (Å²) in [6.07, 6.45) is 5.87. The van der Waals surface area contributed by atoms with Gasteiger partial charge >= 0.3 is 0 Å². The Bertz CT molecular complexity index is 1200. The maximum Gasteiger partial charge on any atom is 0.254 e. The van der Waals surface area contributed by atoms with Gasteiger partial charge in [0, 0.05) is 49.2 Å². The molecule has 5 nitrogen and oxygen atoms in total. The van der Waals surface area contributed by atoms with Gasteiger partial charge in [-0.3, -0.25) is 9.69 Å². The minimum atomic E-state index is 0.0949. The molecule has 3 saturated heterocycles. The largest absolute Gasteiger partial charge is 0.508 e. The summed E-state index contributed by atoms with van der Waals surface area (Å²) in [4.78, 5) is 18.8. The summed E-state index contributed by atoms with van der Waals surface area (Å²) in [5, 5.41) is 14.1. The molecular formula is C30H35N3O2. The lowest BCUT2D eigenvalue weighted by Crippen LogP contribution is -2.70. The van der Waals surface area contributed by atoms with Gasteiger partial charge in [0.25, 0.3) is 5.91 Å². The number of carbonyl (C=O) groups is 1. The van der Waals surface area contributed by atoms with E-state index < -0.39 is 0 Å². The van der Waals surface area contributed by atoms with Gasteiger partial charge in [-0.15, -0.1) is 0 Å². The van der Waals surface area contributed by atoms with Crippen LogP contribution in [-0.2, 0) is 11.8 Å². The molecule has 5 unspecified atom stereocenters. The van der Waals surface area contributed by atoms with Crippen molar-refractivity contribution in [2.24, 2.45) is 23.2 Å². The summed E-state index contributed by atoms with van der Waals surface area (Å²) >= 11 is 0. The summed E-state index contributed by atoms with van der Waals surface area (Å²) in [7, 11) is 0. The fourth-order valence-electron chi connectivity index (χ4n) is 10.1. The minimum Gasteiger partial charge on any atom is -0.508 e. The highest BCUT2D eigenvalue weighted by atomic mass is 16.3. The first-order valence-corrected chi connectivity index (χ1v) is 13.7. The number of nitrogens with one attached hydrogen (secondary N) is 1. The van der Waals surface area contributed by atoms with E-state index in [4.69, 9.17) is 0 Å². The van der Waals surface area contributed by atoms with Crippen molar-refractivity contribution < 1.29 is 9.90 Å². The molecule has 2 aromatic carbocycles. The highest BCUT2D eigenvalue weighted by Crippen LogP contribution is 2.75. The van der Waals surface area contributed by atoms with E-state index in [0.29, 0.717) is 29.7 Å². The molecule has 1 amide bonds. The summed E-state index contributed by atoms with van der Waals surface area (Å²) < 4.78 is 0. The first kappa shape index (κ1) is 20.8. The summed E-state index contributed by atoms with van der Waals surface area (Å²) in [6.45, 7) is 5.60. The fraction of sp³-hybridized carbons (Fsp3) is 0.567. The SMILES string of the molecule is O=C(c1ccccc1)N1C[C@H]2CC34CCC1C2C31CCN(CC2CNC2)C4Cc2ccc(O)cc21. The lowest BCUT2D eigenvalue weighted by Gasteiger charge is -2.67. The van der Waals surface area contributed by atoms with E-state index >= 15 is 0 Å². The van der Waals surface area contributed by atoms with E-state index in [9.17, 15) is 9.90 Å². The molecule has 0 aromatic heterocycles. The Morgan fingerprint density at radius 3 is 2.77 bits per heavy atom. The molecule has 3 aliphatic heterocycles. The molecule has 3 heterocycles. The van der Waals surface area contributed by atoms with Crippen LogP contribution in [0.25, 0.3) is 0 Å². The van der Waals surface area contributed by atoms with Gasteiger partial charge in [0.1, 0.15) is 5.75 Å². The Kier molecular flexibility index (Phi) is 4.22. The monoisotopic (exact) mass is 469 g/mol. The maximum atomic E-state index is 13.7. The number of phenols is 1. The third-order valence-electron chi connectivity index (χ3n) is 11.2. The number of amides is 1. The van der Waals surface area contributed by atoms with Crippen LogP contribution in [0.4, 0.5) is 0 Å². The molecule has 5 fully saturated rings. The topological polar surface area (TPSA) is 55.8 Å². The van der Waals surface area contributed by atoms with Crippen molar-refractivity contribution in [3.05, 3.63) is 65.2 Å². The number of aromatic hydroxyl groups is 1. The number of hydrogen-bond donors (Lipinski definition) is 2. The van der Waals surface area contributed by atoms with E-state index in [1.54, 1.807) is 0 Å². The molecule has 2 aromatic rings. The van der Waals surface area contributed by atoms with Gasteiger partial charge < -0.3 is 15.3 Å². The Balaban J connectivity index is 1.24. The van der Waals surface area contributed by atoms with Crippen LogP contribution in [0.1, 0.15) is 47.2 Å². The van der Waals surface area contributed by atoms with Crippen LogP contribution >= 0.6 is 0 Å².